The first-order chi connectivity index (χ1) is 8.52. The van der Waals surface area contributed by atoms with Crippen molar-refractivity contribution in [2.45, 2.75) is 44.7 Å². The van der Waals surface area contributed by atoms with E-state index in [2.05, 4.69) is 0 Å². The van der Waals surface area contributed by atoms with Gasteiger partial charge in [0.2, 0.25) is 0 Å². The Kier molecular flexibility index (Phi) is 4.67. The second-order valence-electron chi connectivity index (χ2n) is 5.30. The lowest BCUT2D eigenvalue weighted by atomic mass is 10.1. The number of carbonyl (C=O) groups is 1. The molecule has 1 aliphatic rings. The maximum Gasteiger partial charge on any atom is 0.416 e. The highest BCUT2D eigenvalue weighted by atomic mass is 19.4. The van der Waals surface area contributed by atoms with E-state index in [0.29, 0.717) is 0 Å². The van der Waals surface area contributed by atoms with Crippen LogP contribution >= 0.6 is 0 Å². The Morgan fingerprint density at radius 2 is 2.00 bits per heavy atom. The second kappa shape index (κ2) is 5.54. The number of hydrogen-bond donors (Lipinski definition) is 1. The number of rotatable bonds is 1. The minimum atomic E-state index is -4.81. The van der Waals surface area contributed by atoms with E-state index >= 15 is 0 Å². The Morgan fingerprint density at radius 3 is 2.47 bits per heavy atom. The lowest BCUT2D eigenvalue weighted by Gasteiger charge is -2.39. The number of amides is 1. The molecule has 8 heteroatoms. The molecule has 1 heterocycles. The average molecular weight is 285 g/mol. The van der Waals surface area contributed by atoms with Gasteiger partial charge in [-0.15, -0.1) is 0 Å². The van der Waals surface area contributed by atoms with Crippen molar-refractivity contribution >= 4 is 6.09 Å². The number of nitrogens with zero attached hydrogens (tertiary/aromatic N) is 1. The number of aliphatic hydroxyl groups excluding tert-OH is 1. The van der Waals surface area contributed by atoms with Crippen LogP contribution in [0, 0.1) is 0 Å². The first-order valence-corrected chi connectivity index (χ1v) is 5.84. The van der Waals surface area contributed by atoms with E-state index in [0.717, 1.165) is 4.90 Å². The van der Waals surface area contributed by atoms with Gasteiger partial charge in [0, 0.05) is 6.54 Å². The molecule has 0 saturated carbocycles. The molecule has 0 aliphatic carbocycles. The van der Waals surface area contributed by atoms with E-state index in [1.165, 1.54) is 0 Å². The monoisotopic (exact) mass is 285 g/mol. The summed E-state index contributed by atoms with van der Waals surface area (Å²) in [5, 5.41) is 9.27. The average Bonchev–Trinajstić information content (AvgIpc) is 2.24. The first kappa shape index (κ1) is 16.0. The molecular formula is C11H18F3NO4. The van der Waals surface area contributed by atoms with Gasteiger partial charge in [-0.1, -0.05) is 0 Å². The number of alkyl halides is 3. The smallest absolute Gasteiger partial charge is 0.416 e. The quantitative estimate of drug-likeness (QED) is 0.794. The third kappa shape index (κ3) is 4.54. The molecule has 0 spiro atoms. The molecule has 1 rings (SSSR count). The molecular weight excluding hydrogens is 267 g/mol. The van der Waals surface area contributed by atoms with Crippen molar-refractivity contribution in [1.29, 1.82) is 0 Å². The fourth-order valence-corrected chi connectivity index (χ4v) is 1.65. The van der Waals surface area contributed by atoms with Gasteiger partial charge in [-0.05, 0) is 20.8 Å². The summed E-state index contributed by atoms with van der Waals surface area (Å²) in [7, 11) is 0. The lowest BCUT2D eigenvalue weighted by molar-refractivity contribution is -0.230. The minimum Gasteiger partial charge on any atom is -0.444 e. The van der Waals surface area contributed by atoms with E-state index < -0.39 is 30.0 Å². The number of morpholine rings is 1. The van der Waals surface area contributed by atoms with Gasteiger partial charge in [0.05, 0.1) is 19.3 Å². The topological polar surface area (TPSA) is 59.0 Å². The van der Waals surface area contributed by atoms with Crippen LogP contribution in [0.3, 0.4) is 0 Å². The Balaban J connectivity index is 2.81. The molecule has 0 aromatic rings. The standard InChI is InChI=1S/C11H18F3NO4/c1-10(2,3)19-9(17)15-4-5-18-6-7(15)8(16)11(12,13)14/h7-8,16H,4-6H2,1-3H3. The third-order valence-corrected chi connectivity index (χ3v) is 2.49. The fraction of sp³-hybridized carbons (Fsp3) is 0.909. The molecule has 0 aromatic carbocycles. The summed E-state index contributed by atoms with van der Waals surface area (Å²) in [6.07, 6.45) is -8.35. The highest BCUT2D eigenvalue weighted by Crippen LogP contribution is 2.27. The van der Waals surface area contributed by atoms with E-state index in [1.54, 1.807) is 20.8 Å². The van der Waals surface area contributed by atoms with Gasteiger partial charge in [-0.25, -0.2) is 4.79 Å². The minimum absolute atomic E-state index is 0.0489. The summed E-state index contributed by atoms with van der Waals surface area (Å²) in [6, 6.07) is -1.48. The molecule has 2 atom stereocenters. The van der Waals surface area contributed by atoms with Gasteiger partial charge in [0.1, 0.15) is 5.60 Å². The van der Waals surface area contributed by atoms with Crippen molar-refractivity contribution in [3.8, 4) is 0 Å². The normalized spacial score (nSPS) is 23.1. The predicted octanol–water partition coefficient (Wildman–Crippen LogP) is 1.55. The molecule has 0 bridgehead atoms. The number of halogens is 3. The summed E-state index contributed by atoms with van der Waals surface area (Å²) in [5.41, 5.74) is -0.816. The maximum absolute atomic E-state index is 12.5. The number of carbonyl (C=O) groups excluding carboxylic acids is 1. The molecule has 0 aromatic heterocycles. The second-order valence-corrected chi connectivity index (χ2v) is 5.30. The highest BCUT2D eigenvalue weighted by molar-refractivity contribution is 5.68. The van der Waals surface area contributed by atoms with Crippen LogP contribution in [-0.2, 0) is 9.47 Å². The van der Waals surface area contributed by atoms with Crippen molar-refractivity contribution in [1.82, 2.24) is 4.90 Å². The van der Waals surface area contributed by atoms with Crippen molar-refractivity contribution < 1.29 is 32.5 Å². The van der Waals surface area contributed by atoms with Crippen molar-refractivity contribution in [2.24, 2.45) is 0 Å². The third-order valence-electron chi connectivity index (χ3n) is 2.49. The largest absolute Gasteiger partial charge is 0.444 e. The molecule has 1 aliphatic heterocycles. The van der Waals surface area contributed by atoms with Crippen molar-refractivity contribution in [3.63, 3.8) is 0 Å². The fourth-order valence-electron chi connectivity index (χ4n) is 1.65. The molecule has 19 heavy (non-hydrogen) atoms. The molecule has 1 N–H and O–H groups in total. The van der Waals surface area contributed by atoms with E-state index in [4.69, 9.17) is 9.47 Å². The zero-order valence-electron chi connectivity index (χ0n) is 11.0. The van der Waals surface area contributed by atoms with Gasteiger partial charge in [0.15, 0.2) is 6.10 Å². The molecule has 1 fully saturated rings. The van der Waals surface area contributed by atoms with E-state index in [-0.39, 0.29) is 19.8 Å². The molecule has 112 valence electrons. The SMILES string of the molecule is CC(C)(C)OC(=O)N1CCOCC1C(O)C(F)(F)F. The van der Waals surface area contributed by atoms with Gasteiger partial charge in [0.25, 0.3) is 0 Å². The maximum atomic E-state index is 12.5. The summed E-state index contributed by atoms with van der Waals surface area (Å²) in [5.74, 6) is 0. The van der Waals surface area contributed by atoms with Crippen LogP contribution in [0.25, 0.3) is 0 Å². The van der Waals surface area contributed by atoms with Crippen LogP contribution < -0.4 is 0 Å². The van der Waals surface area contributed by atoms with Crippen LogP contribution in [0.1, 0.15) is 20.8 Å². The van der Waals surface area contributed by atoms with Crippen LogP contribution in [-0.4, -0.2) is 59.8 Å². The molecule has 0 radical (unpaired) electrons. The molecule has 2 unspecified atom stereocenters. The number of hydrogen-bond acceptors (Lipinski definition) is 4. The first-order valence-electron chi connectivity index (χ1n) is 5.84. The summed E-state index contributed by atoms with van der Waals surface area (Å²) in [6.45, 7) is 4.52. The Bertz CT molecular complexity index is 327. The molecule has 1 saturated heterocycles. The van der Waals surface area contributed by atoms with Crippen LogP contribution in [0.4, 0.5) is 18.0 Å². The zero-order valence-corrected chi connectivity index (χ0v) is 11.0. The van der Waals surface area contributed by atoms with Gasteiger partial charge in [-0.3, -0.25) is 4.90 Å². The van der Waals surface area contributed by atoms with Crippen LogP contribution in [0.2, 0.25) is 0 Å². The van der Waals surface area contributed by atoms with Gasteiger partial charge >= 0.3 is 12.3 Å². The number of ether oxygens (including phenoxy) is 2. The van der Waals surface area contributed by atoms with Crippen LogP contribution in [0.15, 0.2) is 0 Å². The molecule has 5 nitrogen and oxygen atoms in total. The number of aliphatic hydroxyl groups is 1. The Morgan fingerprint density at radius 1 is 1.42 bits per heavy atom. The summed E-state index contributed by atoms with van der Waals surface area (Å²) in [4.78, 5) is 12.7. The summed E-state index contributed by atoms with van der Waals surface area (Å²) < 4.78 is 47.5. The molecule has 1 amide bonds. The van der Waals surface area contributed by atoms with E-state index in [1.807, 2.05) is 0 Å². The van der Waals surface area contributed by atoms with Crippen molar-refractivity contribution in [2.75, 3.05) is 19.8 Å². The highest BCUT2D eigenvalue weighted by Gasteiger charge is 2.48. The predicted molar refractivity (Wildman–Crippen MR) is 59.6 cm³/mol. The van der Waals surface area contributed by atoms with Gasteiger partial charge < -0.3 is 14.6 Å². The van der Waals surface area contributed by atoms with Crippen LogP contribution in [0.5, 0.6) is 0 Å². The van der Waals surface area contributed by atoms with E-state index in [9.17, 15) is 23.1 Å². The van der Waals surface area contributed by atoms with Gasteiger partial charge in [-0.2, -0.15) is 13.2 Å². The summed E-state index contributed by atoms with van der Waals surface area (Å²) >= 11 is 0. The lowest BCUT2D eigenvalue weighted by Crippen LogP contribution is -2.58. The zero-order chi connectivity index (χ0) is 14.8. The van der Waals surface area contributed by atoms with Crippen molar-refractivity contribution in [3.05, 3.63) is 0 Å². The Labute approximate surface area is 109 Å². The Hall–Kier alpha value is -1.02.